The van der Waals surface area contributed by atoms with Gasteiger partial charge in [-0.25, -0.2) is 0 Å². The smallest absolute Gasteiger partial charge is 0.306 e. The van der Waals surface area contributed by atoms with Crippen molar-refractivity contribution in [2.45, 2.75) is 20.4 Å². The Morgan fingerprint density at radius 3 is 2.67 bits per heavy atom. The zero-order valence-corrected chi connectivity index (χ0v) is 11.6. The third-order valence-corrected chi connectivity index (χ3v) is 4.21. The van der Waals surface area contributed by atoms with Crippen molar-refractivity contribution in [2.75, 3.05) is 13.1 Å². The first-order valence-corrected chi connectivity index (χ1v) is 6.41. The second kappa shape index (κ2) is 4.90. The summed E-state index contributed by atoms with van der Waals surface area (Å²) < 4.78 is 1.67. The van der Waals surface area contributed by atoms with E-state index in [2.05, 4.69) is 10.00 Å². The fourth-order valence-corrected chi connectivity index (χ4v) is 2.57. The van der Waals surface area contributed by atoms with E-state index in [1.165, 1.54) is 0 Å². The summed E-state index contributed by atoms with van der Waals surface area (Å²) in [5.74, 6) is -0.736. The van der Waals surface area contributed by atoms with Gasteiger partial charge >= 0.3 is 5.97 Å². The van der Waals surface area contributed by atoms with Gasteiger partial charge in [-0.3, -0.25) is 14.4 Å². The molecule has 0 radical (unpaired) electrons. The van der Waals surface area contributed by atoms with Gasteiger partial charge in [0.15, 0.2) is 0 Å². The summed E-state index contributed by atoms with van der Waals surface area (Å²) in [7, 11) is 1.82. The highest BCUT2D eigenvalue weighted by atomic mass is 35.5. The number of rotatable bonds is 4. The van der Waals surface area contributed by atoms with Gasteiger partial charge in [0.05, 0.1) is 11.6 Å². The van der Waals surface area contributed by atoms with Crippen molar-refractivity contribution in [1.82, 2.24) is 14.7 Å². The van der Waals surface area contributed by atoms with Crippen molar-refractivity contribution in [1.29, 1.82) is 0 Å². The lowest BCUT2D eigenvalue weighted by molar-refractivity contribution is -0.145. The molecule has 0 aliphatic carbocycles. The molecule has 0 bridgehead atoms. The van der Waals surface area contributed by atoms with Crippen LogP contribution >= 0.6 is 11.6 Å². The molecule has 1 fully saturated rings. The summed E-state index contributed by atoms with van der Waals surface area (Å²) in [6.45, 7) is 6.10. The van der Waals surface area contributed by atoms with Crippen molar-refractivity contribution < 1.29 is 9.90 Å². The van der Waals surface area contributed by atoms with Gasteiger partial charge in [0.1, 0.15) is 5.15 Å². The predicted octanol–water partition coefficient (Wildman–Crippen LogP) is 1.53. The zero-order valence-electron chi connectivity index (χ0n) is 10.9. The number of aliphatic carboxylic acids is 1. The first-order chi connectivity index (χ1) is 8.40. The molecule has 1 N–H and O–H groups in total. The van der Waals surface area contributed by atoms with Gasteiger partial charge in [0.25, 0.3) is 0 Å². The van der Waals surface area contributed by atoms with E-state index in [0.29, 0.717) is 5.15 Å². The highest BCUT2D eigenvalue weighted by molar-refractivity contribution is 6.30. The number of carbonyl (C=O) groups is 1. The van der Waals surface area contributed by atoms with Crippen LogP contribution in [-0.4, -0.2) is 38.8 Å². The standard InChI is InChI=1S/C12H18ClN3O2/c1-7(12(17)18)9-4-16(5-9)6-10-8(2)14-15(3)11(10)13/h7,9H,4-6H2,1-3H3,(H,17,18). The Hall–Kier alpha value is -1.07. The number of hydrogen-bond donors (Lipinski definition) is 1. The van der Waals surface area contributed by atoms with E-state index in [1.54, 1.807) is 11.6 Å². The molecule has 18 heavy (non-hydrogen) atoms. The number of halogens is 1. The van der Waals surface area contributed by atoms with Crippen molar-refractivity contribution in [3.63, 3.8) is 0 Å². The van der Waals surface area contributed by atoms with Crippen molar-refractivity contribution >= 4 is 17.6 Å². The highest BCUT2D eigenvalue weighted by Crippen LogP contribution is 2.28. The maximum atomic E-state index is 10.9. The summed E-state index contributed by atoms with van der Waals surface area (Å²) in [4.78, 5) is 13.1. The van der Waals surface area contributed by atoms with Crippen LogP contribution in [0, 0.1) is 18.8 Å². The Balaban J connectivity index is 1.92. The normalized spacial score (nSPS) is 18.7. The Bertz CT molecular complexity index is 466. The monoisotopic (exact) mass is 271 g/mol. The van der Waals surface area contributed by atoms with E-state index in [1.807, 2.05) is 14.0 Å². The van der Waals surface area contributed by atoms with Crippen LogP contribution in [0.5, 0.6) is 0 Å². The van der Waals surface area contributed by atoms with Crippen LogP contribution < -0.4 is 0 Å². The fourth-order valence-electron chi connectivity index (χ4n) is 2.33. The minimum absolute atomic E-state index is 0.248. The number of aromatic nitrogens is 2. The molecular formula is C12H18ClN3O2. The number of likely N-dealkylation sites (tertiary alicyclic amines) is 1. The molecule has 100 valence electrons. The first kappa shape index (κ1) is 13.4. The second-order valence-corrected chi connectivity index (χ2v) is 5.42. The van der Waals surface area contributed by atoms with Gasteiger partial charge in [-0.15, -0.1) is 0 Å². The highest BCUT2D eigenvalue weighted by Gasteiger charge is 2.35. The van der Waals surface area contributed by atoms with E-state index >= 15 is 0 Å². The van der Waals surface area contributed by atoms with E-state index in [9.17, 15) is 4.79 Å². The Labute approximate surface area is 111 Å². The van der Waals surface area contributed by atoms with Crippen LogP contribution in [0.15, 0.2) is 0 Å². The van der Waals surface area contributed by atoms with Crippen LogP contribution in [-0.2, 0) is 18.4 Å². The zero-order chi connectivity index (χ0) is 13.4. The molecule has 1 aliphatic rings. The van der Waals surface area contributed by atoms with Crippen LogP contribution in [0.1, 0.15) is 18.2 Å². The largest absolute Gasteiger partial charge is 0.481 e. The lowest BCUT2D eigenvalue weighted by Crippen LogP contribution is -2.50. The van der Waals surface area contributed by atoms with Crippen molar-refractivity contribution in [2.24, 2.45) is 18.9 Å². The summed E-state index contributed by atoms with van der Waals surface area (Å²) in [5, 5.41) is 13.9. The molecule has 1 aromatic rings. The maximum Gasteiger partial charge on any atom is 0.306 e. The average Bonchev–Trinajstić information content (AvgIpc) is 2.47. The quantitative estimate of drug-likeness (QED) is 0.902. The molecule has 0 spiro atoms. The maximum absolute atomic E-state index is 10.9. The molecule has 5 nitrogen and oxygen atoms in total. The Morgan fingerprint density at radius 2 is 2.22 bits per heavy atom. The fraction of sp³-hybridized carbons (Fsp3) is 0.667. The summed E-state index contributed by atoms with van der Waals surface area (Å²) in [6, 6.07) is 0. The van der Waals surface area contributed by atoms with Crippen LogP contribution in [0.3, 0.4) is 0 Å². The molecule has 0 saturated carbocycles. The van der Waals surface area contributed by atoms with Crippen LogP contribution in [0.4, 0.5) is 0 Å². The molecule has 0 amide bonds. The summed E-state index contributed by atoms with van der Waals surface area (Å²) in [6.07, 6.45) is 0. The van der Waals surface area contributed by atoms with E-state index in [4.69, 9.17) is 16.7 Å². The molecular weight excluding hydrogens is 254 g/mol. The van der Waals surface area contributed by atoms with Crippen molar-refractivity contribution in [3.05, 3.63) is 16.4 Å². The molecule has 2 heterocycles. The van der Waals surface area contributed by atoms with Gasteiger partial charge in [-0.1, -0.05) is 18.5 Å². The van der Waals surface area contributed by atoms with Crippen LogP contribution in [0.25, 0.3) is 0 Å². The topological polar surface area (TPSA) is 58.4 Å². The Morgan fingerprint density at radius 1 is 1.61 bits per heavy atom. The molecule has 1 saturated heterocycles. The first-order valence-electron chi connectivity index (χ1n) is 6.03. The number of nitrogens with zero attached hydrogens (tertiary/aromatic N) is 3. The summed E-state index contributed by atoms with van der Waals surface area (Å²) in [5.41, 5.74) is 1.98. The number of hydrogen-bond acceptors (Lipinski definition) is 3. The van der Waals surface area contributed by atoms with E-state index in [-0.39, 0.29) is 11.8 Å². The molecule has 6 heteroatoms. The predicted molar refractivity (Wildman–Crippen MR) is 68.5 cm³/mol. The minimum Gasteiger partial charge on any atom is -0.481 e. The lowest BCUT2D eigenvalue weighted by Gasteiger charge is -2.41. The minimum atomic E-state index is -0.713. The van der Waals surface area contributed by atoms with E-state index in [0.717, 1.165) is 30.9 Å². The number of carboxylic acid groups (broad SMARTS) is 1. The number of carboxylic acids is 1. The second-order valence-electron chi connectivity index (χ2n) is 5.06. The molecule has 1 atom stereocenters. The third-order valence-electron chi connectivity index (χ3n) is 3.73. The third kappa shape index (κ3) is 2.37. The van der Waals surface area contributed by atoms with E-state index < -0.39 is 5.97 Å². The van der Waals surface area contributed by atoms with Gasteiger partial charge in [0, 0.05) is 32.2 Å². The van der Waals surface area contributed by atoms with Gasteiger partial charge in [-0.2, -0.15) is 5.10 Å². The van der Waals surface area contributed by atoms with Gasteiger partial charge in [-0.05, 0) is 12.8 Å². The molecule has 1 aliphatic heterocycles. The van der Waals surface area contributed by atoms with Gasteiger partial charge in [0.2, 0.25) is 0 Å². The molecule has 2 rings (SSSR count). The van der Waals surface area contributed by atoms with Crippen LogP contribution in [0.2, 0.25) is 5.15 Å². The molecule has 0 aromatic carbocycles. The average molecular weight is 272 g/mol. The van der Waals surface area contributed by atoms with Gasteiger partial charge < -0.3 is 5.11 Å². The van der Waals surface area contributed by atoms with Crippen molar-refractivity contribution in [3.8, 4) is 0 Å². The number of aryl methyl sites for hydroxylation is 2. The molecule has 1 aromatic heterocycles. The summed E-state index contributed by atoms with van der Waals surface area (Å²) >= 11 is 6.17. The lowest BCUT2D eigenvalue weighted by atomic mass is 9.87. The molecule has 1 unspecified atom stereocenters. The SMILES string of the molecule is Cc1nn(C)c(Cl)c1CN1CC(C(C)C(=O)O)C1. The Kier molecular flexibility index (Phi) is 3.64.